The minimum Gasteiger partial charge on any atom is -0.456 e. The lowest BCUT2D eigenvalue weighted by atomic mass is 10.5. The number of aromatic nitrogens is 4. The Morgan fingerprint density at radius 1 is 1.26 bits per heavy atom. The van der Waals surface area contributed by atoms with E-state index in [9.17, 15) is 9.59 Å². The number of fused-ring (bicyclic) bond motifs is 1. The second-order valence-electron chi connectivity index (χ2n) is 4.19. The zero-order valence-corrected chi connectivity index (χ0v) is 12.0. The van der Waals surface area contributed by atoms with Crippen LogP contribution in [0.4, 0.5) is 10.6 Å². The van der Waals surface area contributed by atoms with Gasteiger partial charge in [-0.1, -0.05) is 25.3 Å². The van der Waals surface area contributed by atoms with Crippen molar-refractivity contribution in [3.05, 3.63) is 36.8 Å². The number of carbonyl (C=O) groups excluding carboxylic acids is 2. The molecule has 2 heterocycles. The number of nitrogens with one attached hydrogen (secondary N) is 2. The van der Waals surface area contributed by atoms with Crippen molar-refractivity contribution in [3.8, 4) is 0 Å². The molecule has 10 nitrogen and oxygen atoms in total. The van der Waals surface area contributed by atoms with E-state index in [0.29, 0.717) is 0 Å². The standard InChI is InChI=1S/C13H14N6O4/c1-3-5-22-11(20)10-16-7-8(14)19(13(21)23-6-4-2)12(15)18-9(7)17-10/h3-4H,1-2,5-6,14H2,(H2,15,16,17,18). The van der Waals surface area contributed by atoms with Gasteiger partial charge in [-0.15, -0.1) is 0 Å². The molecule has 2 aromatic rings. The minimum absolute atomic E-state index is 0.00539. The van der Waals surface area contributed by atoms with Gasteiger partial charge in [0.15, 0.2) is 5.65 Å². The van der Waals surface area contributed by atoms with Crippen molar-refractivity contribution in [1.29, 1.82) is 5.41 Å². The summed E-state index contributed by atoms with van der Waals surface area (Å²) < 4.78 is 10.4. The van der Waals surface area contributed by atoms with Crippen molar-refractivity contribution in [2.45, 2.75) is 0 Å². The fraction of sp³-hybridized carbons (Fsp3) is 0.154. The summed E-state index contributed by atoms with van der Waals surface area (Å²) in [5, 5.41) is 7.75. The van der Waals surface area contributed by atoms with E-state index in [4.69, 9.17) is 20.6 Å². The van der Waals surface area contributed by atoms with Gasteiger partial charge in [0.1, 0.15) is 24.5 Å². The summed E-state index contributed by atoms with van der Waals surface area (Å²) in [5.41, 5.74) is 5.48. The lowest BCUT2D eigenvalue weighted by Crippen LogP contribution is -2.32. The highest BCUT2D eigenvalue weighted by molar-refractivity contribution is 5.93. The topological polar surface area (TPSA) is 149 Å². The number of hydrogen-bond acceptors (Lipinski definition) is 8. The third-order valence-corrected chi connectivity index (χ3v) is 2.64. The summed E-state index contributed by atoms with van der Waals surface area (Å²) in [6, 6.07) is 0. The molecule has 0 amide bonds. The Balaban J connectivity index is 2.47. The number of carbonyl (C=O) groups is 2. The molecule has 4 N–H and O–H groups in total. The highest BCUT2D eigenvalue weighted by Gasteiger charge is 2.20. The number of imidazole rings is 1. The zero-order chi connectivity index (χ0) is 17.0. The Bertz CT molecular complexity index is 850. The van der Waals surface area contributed by atoms with E-state index in [2.05, 4.69) is 28.1 Å². The predicted molar refractivity (Wildman–Crippen MR) is 79.6 cm³/mol. The maximum Gasteiger partial charge on any atom is 0.422 e. The van der Waals surface area contributed by atoms with Gasteiger partial charge in [0, 0.05) is 0 Å². The molecule has 23 heavy (non-hydrogen) atoms. The van der Waals surface area contributed by atoms with Gasteiger partial charge in [-0.3, -0.25) is 5.41 Å². The fourth-order valence-corrected chi connectivity index (χ4v) is 1.68. The Morgan fingerprint density at radius 2 is 1.91 bits per heavy atom. The van der Waals surface area contributed by atoms with Crippen molar-refractivity contribution in [1.82, 2.24) is 19.5 Å². The van der Waals surface area contributed by atoms with Crippen LogP contribution in [0.15, 0.2) is 25.3 Å². The Labute approximate surface area is 129 Å². The number of aromatic amines is 1. The first-order valence-corrected chi connectivity index (χ1v) is 6.38. The number of ether oxygens (including phenoxy) is 2. The van der Waals surface area contributed by atoms with Crippen molar-refractivity contribution >= 4 is 29.0 Å². The summed E-state index contributed by atoms with van der Waals surface area (Å²) in [6.45, 7) is 6.80. The van der Waals surface area contributed by atoms with Crippen LogP contribution in [-0.4, -0.2) is 44.8 Å². The summed E-state index contributed by atoms with van der Waals surface area (Å²) in [7, 11) is 0. The third kappa shape index (κ3) is 3.10. The Kier molecular flexibility index (Phi) is 4.55. The van der Waals surface area contributed by atoms with Crippen molar-refractivity contribution in [3.63, 3.8) is 0 Å². The van der Waals surface area contributed by atoms with Crippen LogP contribution in [0.3, 0.4) is 0 Å². The number of rotatable bonds is 5. The first-order chi connectivity index (χ1) is 11.0. The van der Waals surface area contributed by atoms with Crippen LogP contribution >= 0.6 is 0 Å². The number of nitrogens with zero attached hydrogens (tertiary/aromatic N) is 3. The monoisotopic (exact) mass is 318 g/mol. The SMILES string of the molecule is C=CCOC(=O)c1nc2nc(=N)n(C(=O)OCC=C)c(N)c2[nH]1. The number of anilines is 1. The number of nitrogens with two attached hydrogens (primary N) is 1. The molecule has 0 bridgehead atoms. The molecule has 0 saturated heterocycles. The average molecular weight is 318 g/mol. The van der Waals surface area contributed by atoms with Gasteiger partial charge in [-0.2, -0.15) is 9.55 Å². The van der Waals surface area contributed by atoms with Gasteiger partial charge in [-0.25, -0.2) is 14.6 Å². The van der Waals surface area contributed by atoms with Crippen LogP contribution in [0.2, 0.25) is 0 Å². The molecule has 0 aromatic carbocycles. The van der Waals surface area contributed by atoms with Crippen LogP contribution in [0.25, 0.3) is 11.2 Å². The van der Waals surface area contributed by atoms with Gasteiger partial charge in [0.25, 0.3) is 0 Å². The molecular weight excluding hydrogens is 304 g/mol. The van der Waals surface area contributed by atoms with Crippen molar-refractivity contribution in [2.75, 3.05) is 18.9 Å². The lowest BCUT2D eigenvalue weighted by molar-refractivity contribution is 0.0537. The largest absolute Gasteiger partial charge is 0.456 e. The van der Waals surface area contributed by atoms with Crippen LogP contribution in [0.5, 0.6) is 0 Å². The number of nitrogen functional groups attached to an aromatic ring is 1. The molecule has 0 atom stereocenters. The van der Waals surface area contributed by atoms with Crippen LogP contribution < -0.4 is 11.4 Å². The zero-order valence-electron chi connectivity index (χ0n) is 12.0. The average Bonchev–Trinajstić information content (AvgIpc) is 2.94. The van der Waals surface area contributed by atoms with Gasteiger partial charge in [0.05, 0.1) is 0 Å². The van der Waals surface area contributed by atoms with E-state index in [-0.39, 0.29) is 36.0 Å². The van der Waals surface area contributed by atoms with E-state index in [0.717, 1.165) is 4.57 Å². The third-order valence-electron chi connectivity index (χ3n) is 2.64. The number of H-pyrrole nitrogens is 1. The molecule has 0 spiro atoms. The maximum atomic E-state index is 11.9. The van der Waals surface area contributed by atoms with Gasteiger partial charge >= 0.3 is 12.1 Å². The molecule has 0 unspecified atom stereocenters. The van der Waals surface area contributed by atoms with E-state index >= 15 is 0 Å². The normalized spacial score (nSPS) is 10.3. The Hall–Kier alpha value is -3.43. The van der Waals surface area contributed by atoms with Crippen LogP contribution in [0.1, 0.15) is 10.6 Å². The van der Waals surface area contributed by atoms with Crippen LogP contribution in [-0.2, 0) is 9.47 Å². The second kappa shape index (κ2) is 6.56. The van der Waals surface area contributed by atoms with E-state index in [1.807, 2.05) is 0 Å². The van der Waals surface area contributed by atoms with E-state index in [1.54, 1.807) is 0 Å². The fourth-order valence-electron chi connectivity index (χ4n) is 1.68. The first kappa shape index (κ1) is 15.9. The Morgan fingerprint density at radius 3 is 2.57 bits per heavy atom. The second-order valence-corrected chi connectivity index (χ2v) is 4.19. The molecule has 10 heteroatoms. The number of hydrogen-bond donors (Lipinski definition) is 3. The summed E-state index contributed by atoms with van der Waals surface area (Å²) >= 11 is 0. The molecule has 120 valence electrons. The maximum absolute atomic E-state index is 11.9. The summed E-state index contributed by atoms with van der Waals surface area (Å²) in [4.78, 5) is 33.9. The van der Waals surface area contributed by atoms with E-state index < -0.39 is 17.7 Å². The quantitative estimate of drug-likeness (QED) is 0.531. The molecule has 0 aliphatic rings. The summed E-state index contributed by atoms with van der Waals surface area (Å²) in [6.07, 6.45) is 1.87. The van der Waals surface area contributed by atoms with Crippen molar-refractivity contribution in [2.24, 2.45) is 0 Å². The molecule has 0 fully saturated rings. The van der Waals surface area contributed by atoms with Crippen LogP contribution in [0, 0.1) is 5.41 Å². The smallest absolute Gasteiger partial charge is 0.422 e. The van der Waals surface area contributed by atoms with Crippen molar-refractivity contribution < 1.29 is 19.1 Å². The van der Waals surface area contributed by atoms with Gasteiger partial charge in [0.2, 0.25) is 11.4 Å². The molecule has 2 aromatic heterocycles. The molecule has 2 rings (SSSR count). The highest BCUT2D eigenvalue weighted by Crippen LogP contribution is 2.15. The summed E-state index contributed by atoms with van der Waals surface area (Å²) in [5.74, 6) is -1.06. The predicted octanol–water partition coefficient (Wildman–Crippen LogP) is 0.335. The minimum atomic E-state index is -0.896. The molecule has 0 aliphatic heterocycles. The molecular formula is C13H14N6O4. The molecule has 0 saturated carbocycles. The highest BCUT2D eigenvalue weighted by atomic mass is 16.5. The van der Waals surface area contributed by atoms with Gasteiger partial charge < -0.3 is 20.2 Å². The molecule has 0 radical (unpaired) electrons. The van der Waals surface area contributed by atoms with E-state index in [1.165, 1.54) is 12.2 Å². The van der Waals surface area contributed by atoms with Gasteiger partial charge in [-0.05, 0) is 0 Å². The first-order valence-electron chi connectivity index (χ1n) is 6.38. The number of esters is 1. The molecule has 0 aliphatic carbocycles. The lowest BCUT2D eigenvalue weighted by Gasteiger charge is -2.08.